The average Bonchev–Trinajstić information content (AvgIpc) is 2.31. The zero-order chi connectivity index (χ0) is 13.5. The molecule has 0 radical (unpaired) electrons. The third kappa shape index (κ3) is 4.01. The van der Waals surface area contributed by atoms with E-state index in [1.165, 1.54) is 11.0 Å². The Labute approximate surface area is 106 Å². The molecule has 0 aliphatic carbocycles. The molecule has 0 aliphatic rings. The normalized spacial score (nSPS) is 9.83. The fraction of sp³-hybridized carbons (Fsp3) is 0.308. The minimum atomic E-state index is -1.04. The molecule has 0 bridgehead atoms. The Bertz CT molecular complexity index is 457. The molecule has 1 amide bonds. The molecule has 0 saturated carbocycles. The van der Waals surface area contributed by atoms with E-state index >= 15 is 0 Å². The Morgan fingerprint density at radius 1 is 1.56 bits per heavy atom. The Kier molecular flexibility index (Phi) is 5.05. The highest BCUT2D eigenvalue weighted by molar-refractivity contribution is 5.83. The molecule has 0 spiro atoms. The molecule has 0 atom stereocenters. The van der Waals surface area contributed by atoms with Gasteiger partial charge in [0.25, 0.3) is 0 Å². The lowest BCUT2D eigenvalue weighted by Gasteiger charge is -2.18. The van der Waals surface area contributed by atoms with Gasteiger partial charge in [-0.3, -0.25) is 14.6 Å². The molecule has 0 aliphatic heterocycles. The third-order valence-electron chi connectivity index (χ3n) is 2.46. The number of aromatic nitrogens is 1. The van der Waals surface area contributed by atoms with E-state index in [4.69, 9.17) is 5.11 Å². The summed E-state index contributed by atoms with van der Waals surface area (Å²) in [4.78, 5) is 28.0. The molecule has 1 aromatic heterocycles. The molecule has 5 heteroatoms. The monoisotopic (exact) mass is 248 g/mol. The van der Waals surface area contributed by atoms with Crippen LogP contribution in [0.1, 0.15) is 11.3 Å². The first-order valence-corrected chi connectivity index (χ1v) is 5.55. The maximum absolute atomic E-state index is 12.0. The summed E-state index contributed by atoms with van der Waals surface area (Å²) < 4.78 is 0. The average molecular weight is 248 g/mol. The third-order valence-corrected chi connectivity index (χ3v) is 2.46. The highest BCUT2D eigenvalue weighted by Gasteiger charge is 2.16. The maximum Gasteiger partial charge on any atom is 0.323 e. The largest absolute Gasteiger partial charge is 0.480 e. The van der Waals surface area contributed by atoms with Crippen LogP contribution in [0.25, 0.3) is 0 Å². The van der Waals surface area contributed by atoms with Gasteiger partial charge in [0.15, 0.2) is 0 Å². The van der Waals surface area contributed by atoms with Crippen LogP contribution in [0.4, 0.5) is 0 Å². The van der Waals surface area contributed by atoms with Crippen molar-refractivity contribution in [3.63, 3.8) is 0 Å². The van der Waals surface area contributed by atoms with Gasteiger partial charge in [-0.1, -0.05) is 12.1 Å². The summed E-state index contributed by atoms with van der Waals surface area (Å²) in [6.45, 7) is 5.27. The lowest BCUT2D eigenvalue weighted by molar-refractivity contribution is -0.143. The van der Waals surface area contributed by atoms with Gasteiger partial charge < -0.3 is 10.0 Å². The van der Waals surface area contributed by atoms with Gasteiger partial charge in [-0.25, -0.2) is 0 Å². The van der Waals surface area contributed by atoms with Gasteiger partial charge in [-0.2, -0.15) is 0 Å². The van der Waals surface area contributed by atoms with E-state index in [2.05, 4.69) is 11.6 Å². The van der Waals surface area contributed by atoms with Gasteiger partial charge in [0.05, 0.1) is 12.1 Å². The molecule has 1 rings (SSSR count). The quantitative estimate of drug-likeness (QED) is 0.763. The molecule has 0 unspecified atom stereocenters. The second kappa shape index (κ2) is 6.54. The van der Waals surface area contributed by atoms with Gasteiger partial charge in [0, 0.05) is 12.7 Å². The fourth-order valence-corrected chi connectivity index (χ4v) is 1.53. The smallest absolute Gasteiger partial charge is 0.323 e. The van der Waals surface area contributed by atoms with Crippen LogP contribution >= 0.6 is 0 Å². The Morgan fingerprint density at radius 3 is 2.83 bits per heavy atom. The van der Waals surface area contributed by atoms with E-state index < -0.39 is 5.97 Å². The molecular weight excluding hydrogens is 232 g/mol. The lowest BCUT2D eigenvalue weighted by atomic mass is 10.1. The molecule has 18 heavy (non-hydrogen) atoms. The number of carboxylic acid groups (broad SMARTS) is 1. The molecule has 0 saturated heterocycles. The van der Waals surface area contributed by atoms with Crippen molar-refractivity contribution in [1.82, 2.24) is 9.88 Å². The standard InChI is InChI=1S/C13H16N2O3/c1-3-7-15(9-13(17)18)12(16)8-11-10(2)5-4-6-14-11/h3-6H,1,7-9H2,2H3,(H,17,18). The maximum atomic E-state index is 12.0. The van der Waals surface area contributed by atoms with Crippen LogP contribution in [-0.2, 0) is 16.0 Å². The van der Waals surface area contributed by atoms with E-state index in [1.54, 1.807) is 12.3 Å². The fourth-order valence-electron chi connectivity index (χ4n) is 1.53. The van der Waals surface area contributed by atoms with Crippen molar-refractivity contribution < 1.29 is 14.7 Å². The zero-order valence-electron chi connectivity index (χ0n) is 10.3. The van der Waals surface area contributed by atoms with Gasteiger partial charge in [0.2, 0.25) is 5.91 Å². The van der Waals surface area contributed by atoms with E-state index in [1.807, 2.05) is 13.0 Å². The number of aryl methyl sites for hydroxylation is 1. The van der Waals surface area contributed by atoms with Crippen molar-refractivity contribution in [2.75, 3.05) is 13.1 Å². The van der Waals surface area contributed by atoms with Crippen LogP contribution in [-0.4, -0.2) is 40.0 Å². The van der Waals surface area contributed by atoms with Crippen LogP contribution in [0.5, 0.6) is 0 Å². The number of amides is 1. The second-order valence-electron chi connectivity index (χ2n) is 3.90. The molecule has 1 heterocycles. The molecule has 0 aromatic carbocycles. The van der Waals surface area contributed by atoms with Crippen LogP contribution in [0.3, 0.4) is 0 Å². The molecule has 0 fully saturated rings. The minimum absolute atomic E-state index is 0.105. The number of carboxylic acids is 1. The van der Waals surface area contributed by atoms with Crippen molar-refractivity contribution >= 4 is 11.9 Å². The van der Waals surface area contributed by atoms with Crippen LogP contribution in [0, 0.1) is 6.92 Å². The zero-order valence-corrected chi connectivity index (χ0v) is 10.3. The number of aliphatic carboxylic acids is 1. The summed E-state index contributed by atoms with van der Waals surface area (Å²) in [6, 6.07) is 3.66. The van der Waals surface area contributed by atoms with E-state index in [-0.39, 0.29) is 25.4 Å². The number of carbonyl (C=O) groups is 2. The van der Waals surface area contributed by atoms with Crippen LogP contribution < -0.4 is 0 Å². The van der Waals surface area contributed by atoms with Gasteiger partial charge in [-0.05, 0) is 18.6 Å². The van der Waals surface area contributed by atoms with Gasteiger partial charge in [0.1, 0.15) is 6.54 Å². The first kappa shape index (κ1) is 13.9. The summed E-state index contributed by atoms with van der Waals surface area (Å²) in [5.41, 5.74) is 1.58. The first-order chi connectivity index (χ1) is 8.54. The first-order valence-electron chi connectivity index (χ1n) is 5.55. The summed E-state index contributed by atoms with van der Waals surface area (Å²) in [7, 11) is 0. The van der Waals surface area contributed by atoms with E-state index in [9.17, 15) is 9.59 Å². The molecule has 96 valence electrons. The summed E-state index contributed by atoms with van der Waals surface area (Å²) >= 11 is 0. The molecule has 1 N–H and O–H groups in total. The van der Waals surface area contributed by atoms with Crippen molar-refractivity contribution in [3.8, 4) is 0 Å². The highest BCUT2D eigenvalue weighted by atomic mass is 16.4. The summed E-state index contributed by atoms with van der Waals surface area (Å²) in [6.07, 6.45) is 3.23. The number of hydrogen-bond donors (Lipinski definition) is 1. The Hall–Kier alpha value is -2.17. The Morgan fingerprint density at radius 2 is 2.28 bits per heavy atom. The topological polar surface area (TPSA) is 70.5 Å². The van der Waals surface area contributed by atoms with Gasteiger partial charge >= 0.3 is 5.97 Å². The highest BCUT2D eigenvalue weighted by Crippen LogP contribution is 2.06. The van der Waals surface area contributed by atoms with E-state index in [0.717, 1.165) is 5.56 Å². The van der Waals surface area contributed by atoms with E-state index in [0.29, 0.717) is 5.69 Å². The van der Waals surface area contributed by atoms with Crippen LogP contribution in [0.15, 0.2) is 31.0 Å². The molecule has 5 nitrogen and oxygen atoms in total. The molecular formula is C13H16N2O3. The molecule has 1 aromatic rings. The lowest BCUT2D eigenvalue weighted by Crippen LogP contribution is -2.37. The van der Waals surface area contributed by atoms with Crippen LogP contribution in [0.2, 0.25) is 0 Å². The van der Waals surface area contributed by atoms with Crippen molar-refractivity contribution in [1.29, 1.82) is 0 Å². The Balaban J connectivity index is 2.75. The predicted octanol–water partition coefficient (Wildman–Crippen LogP) is 1.03. The number of nitrogens with zero attached hydrogens (tertiary/aromatic N) is 2. The number of hydrogen-bond acceptors (Lipinski definition) is 3. The van der Waals surface area contributed by atoms with Gasteiger partial charge in [-0.15, -0.1) is 6.58 Å². The van der Waals surface area contributed by atoms with Crippen molar-refractivity contribution in [2.24, 2.45) is 0 Å². The SMILES string of the molecule is C=CCN(CC(=O)O)C(=O)Cc1ncccc1C. The predicted molar refractivity (Wildman–Crippen MR) is 67.1 cm³/mol. The number of carbonyl (C=O) groups excluding carboxylic acids is 1. The number of rotatable bonds is 6. The van der Waals surface area contributed by atoms with Crippen molar-refractivity contribution in [2.45, 2.75) is 13.3 Å². The summed E-state index contributed by atoms with van der Waals surface area (Å²) in [5, 5.41) is 8.74. The summed E-state index contributed by atoms with van der Waals surface area (Å²) in [5.74, 6) is -1.30. The second-order valence-corrected chi connectivity index (χ2v) is 3.90. The van der Waals surface area contributed by atoms with Crippen molar-refractivity contribution in [3.05, 3.63) is 42.2 Å². The minimum Gasteiger partial charge on any atom is -0.480 e. The number of pyridine rings is 1.